The Kier molecular flexibility index (Phi) is 3.81. The Bertz CT molecular complexity index is 990. The van der Waals surface area contributed by atoms with Crippen molar-refractivity contribution in [2.75, 3.05) is 11.4 Å². The molecule has 1 heterocycles. The first-order valence-electron chi connectivity index (χ1n) is 8.50. The molecule has 2 aliphatic rings. The van der Waals surface area contributed by atoms with Gasteiger partial charge in [-0.25, -0.2) is 0 Å². The van der Waals surface area contributed by atoms with Crippen molar-refractivity contribution in [2.45, 2.75) is 6.92 Å². The lowest BCUT2D eigenvalue weighted by Crippen LogP contribution is -2.24. The highest BCUT2D eigenvalue weighted by Crippen LogP contribution is 2.32. The lowest BCUT2D eigenvalue weighted by atomic mass is 10.0. The summed E-state index contributed by atoms with van der Waals surface area (Å²) >= 11 is 0. The smallest absolute Gasteiger partial charge is 0.201 e. The van der Waals surface area contributed by atoms with E-state index in [-0.39, 0.29) is 11.3 Å². The molecule has 0 amide bonds. The molecule has 0 unspecified atom stereocenters. The predicted octanol–water partition coefficient (Wildman–Crippen LogP) is 4.31. The minimum absolute atomic E-state index is 0.165. The summed E-state index contributed by atoms with van der Waals surface area (Å²) in [6, 6.07) is 14.6. The maximum absolute atomic E-state index is 12.5. The van der Waals surface area contributed by atoms with Gasteiger partial charge in [-0.15, -0.1) is 0 Å². The van der Waals surface area contributed by atoms with Gasteiger partial charge in [-0.2, -0.15) is 0 Å². The van der Waals surface area contributed by atoms with Gasteiger partial charge in [-0.1, -0.05) is 48.5 Å². The second kappa shape index (κ2) is 6.15. The molecule has 1 aliphatic heterocycles. The minimum atomic E-state index is -0.428. The number of rotatable bonds is 2. The van der Waals surface area contributed by atoms with Gasteiger partial charge in [0, 0.05) is 35.1 Å². The monoisotopic (exact) mass is 343 g/mol. The summed E-state index contributed by atoms with van der Waals surface area (Å²) in [5.74, 6) is -1.15. The van der Waals surface area contributed by atoms with E-state index in [0.717, 1.165) is 16.9 Å². The summed E-state index contributed by atoms with van der Waals surface area (Å²) < 4.78 is 0. The predicted molar refractivity (Wildman–Crippen MR) is 101 cm³/mol. The third-order valence-electron chi connectivity index (χ3n) is 4.70. The standard InChI is InChI=1S/C22H17NO3/c1-2-23-15(12-11-14-7-3-6-10-18(14)23)13-19(24)20-21(25)16-8-4-5-9-17(16)22(20)26/h3-13,24H,2H2,1H3. The van der Waals surface area contributed by atoms with Crippen molar-refractivity contribution in [2.24, 2.45) is 0 Å². The molecule has 0 saturated carbocycles. The molecular weight excluding hydrogens is 326 g/mol. The quantitative estimate of drug-likeness (QED) is 0.501. The second-order valence-electron chi connectivity index (χ2n) is 6.17. The molecule has 0 fully saturated rings. The van der Waals surface area contributed by atoms with Crippen LogP contribution >= 0.6 is 0 Å². The number of likely N-dealkylation sites (N-methyl/N-ethyl adjacent to an activating group) is 1. The summed E-state index contributed by atoms with van der Waals surface area (Å²) in [5, 5.41) is 10.6. The van der Waals surface area contributed by atoms with Gasteiger partial charge in [0.25, 0.3) is 0 Å². The first kappa shape index (κ1) is 16.1. The van der Waals surface area contributed by atoms with Gasteiger partial charge in [0.15, 0.2) is 0 Å². The summed E-state index contributed by atoms with van der Waals surface area (Å²) in [4.78, 5) is 27.1. The first-order chi connectivity index (χ1) is 12.6. The number of carbonyl (C=O) groups excluding carboxylic acids is 2. The highest BCUT2D eigenvalue weighted by Gasteiger charge is 2.35. The largest absolute Gasteiger partial charge is 0.507 e. The molecule has 0 bridgehead atoms. The fourth-order valence-corrected chi connectivity index (χ4v) is 3.45. The molecule has 26 heavy (non-hydrogen) atoms. The van der Waals surface area contributed by atoms with Crippen molar-refractivity contribution < 1.29 is 14.7 Å². The number of hydrogen-bond acceptors (Lipinski definition) is 4. The number of hydrogen-bond donors (Lipinski definition) is 1. The van der Waals surface area contributed by atoms with Gasteiger partial charge in [-0.3, -0.25) is 9.59 Å². The average molecular weight is 343 g/mol. The van der Waals surface area contributed by atoms with Gasteiger partial charge in [-0.05, 0) is 24.6 Å². The zero-order valence-electron chi connectivity index (χ0n) is 14.3. The van der Waals surface area contributed by atoms with Crippen molar-refractivity contribution in [1.82, 2.24) is 0 Å². The lowest BCUT2D eigenvalue weighted by molar-refractivity contribution is 0.0982. The number of fused-ring (bicyclic) bond motifs is 2. The molecule has 128 valence electrons. The Balaban J connectivity index is 1.79. The van der Waals surface area contributed by atoms with Crippen LogP contribution in [0.1, 0.15) is 33.2 Å². The number of carbonyl (C=O) groups is 2. The summed E-state index contributed by atoms with van der Waals surface area (Å²) in [7, 11) is 0. The van der Waals surface area contributed by atoms with Crippen LogP contribution in [0.4, 0.5) is 5.69 Å². The number of ketones is 2. The van der Waals surface area contributed by atoms with E-state index in [1.165, 1.54) is 6.08 Å². The fraction of sp³-hybridized carbons (Fsp3) is 0.0909. The normalized spacial score (nSPS) is 16.9. The van der Waals surface area contributed by atoms with Crippen LogP contribution in [0.25, 0.3) is 6.08 Å². The van der Waals surface area contributed by atoms with E-state index >= 15 is 0 Å². The van der Waals surface area contributed by atoms with Crippen LogP contribution in [-0.4, -0.2) is 23.2 Å². The highest BCUT2D eigenvalue weighted by atomic mass is 16.3. The Morgan fingerprint density at radius 2 is 1.58 bits per heavy atom. The summed E-state index contributed by atoms with van der Waals surface area (Å²) in [6.45, 7) is 2.70. The summed E-state index contributed by atoms with van der Waals surface area (Å²) in [6.07, 6.45) is 5.32. The Morgan fingerprint density at radius 1 is 0.962 bits per heavy atom. The number of anilines is 1. The molecule has 4 rings (SSSR count). The molecule has 4 heteroatoms. The number of aliphatic hydroxyl groups is 1. The molecule has 2 aromatic rings. The maximum Gasteiger partial charge on any atom is 0.201 e. The maximum atomic E-state index is 12.5. The second-order valence-corrected chi connectivity index (χ2v) is 6.17. The van der Waals surface area contributed by atoms with Crippen molar-refractivity contribution in [3.05, 3.63) is 94.4 Å². The van der Waals surface area contributed by atoms with Crippen LogP contribution in [0.15, 0.2) is 77.7 Å². The van der Waals surface area contributed by atoms with Gasteiger partial charge in [0.05, 0.1) is 0 Å². The minimum Gasteiger partial charge on any atom is -0.507 e. The number of allylic oxidation sites excluding steroid dienone is 3. The molecule has 0 saturated heterocycles. The average Bonchev–Trinajstić information content (AvgIpc) is 2.92. The number of Topliss-reactive ketones (excluding diaryl/α,β-unsaturated/α-hetero) is 2. The Morgan fingerprint density at radius 3 is 2.23 bits per heavy atom. The first-order valence-corrected chi connectivity index (χ1v) is 8.50. The molecule has 1 aliphatic carbocycles. The number of para-hydroxylation sites is 1. The van der Waals surface area contributed by atoms with E-state index in [0.29, 0.717) is 17.7 Å². The molecule has 0 spiro atoms. The number of nitrogens with zero attached hydrogens (tertiary/aromatic N) is 1. The zero-order chi connectivity index (χ0) is 18.3. The van der Waals surface area contributed by atoms with Crippen LogP contribution < -0.4 is 4.90 Å². The van der Waals surface area contributed by atoms with Crippen molar-refractivity contribution in [3.63, 3.8) is 0 Å². The van der Waals surface area contributed by atoms with E-state index in [1.54, 1.807) is 24.3 Å². The zero-order valence-corrected chi connectivity index (χ0v) is 14.3. The number of aliphatic hydroxyl groups excluding tert-OH is 1. The van der Waals surface area contributed by atoms with E-state index < -0.39 is 11.6 Å². The van der Waals surface area contributed by atoms with E-state index in [4.69, 9.17) is 0 Å². The summed E-state index contributed by atoms with van der Waals surface area (Å²) in [5.41, 5.74) is 3.35. The SMILES string of the molecule is CCN1C(=CC(O)=C2C(=O)c3ccccc3C2=O)C=Cc2ccccc21. The van der Waals surface area contributed by atoms with Gasteiger partial charge in [0.1, 0.15) is 11.3 Å². The van der Waals surface area contributed by atoms with Crippen LogP contribution in [0, 0.1) is 0 Å². The Labute approximate surface area is 151 Å². The van der Waals surface area contributed by atoms with Crippen LogP contribution in [0.3, 0.4) is 0 Å². The van der Waals surface area contributed by atoms with Crippen LogP contribution in [0.5, 0.6) is 0 Å². The molecule has 2 aromatic carbocycles. The molecular formula is C22H17NO3. The van der Waals surface area contributed by atoms with E-state index in [1.807, 2.05) is 48.2 Å². The van der Waals surface area contributed by atoms with Crippen molar-refractivity contribution >= 4 is 23.3 Å². The third-order valence-corrected chi connectivity index (χ3v) is 4.70. The fourth-order valence-electron chi connectivity index (χ4n) is 3.45. The highest BCUT2D eigenvalue weighted by molar-refractivity contribution is 6.39. The van der Waals surface area contributed by atoms with Crippen LogP contribution in [-0.2, 0) is 0 Å². The molecule has 4 nitrogen and oxygen atoms in total. The van der Waals surface area contributed by atoms with Gasteiger partial charge < -0.3 is 10.0 Å². The van der Waals surface area contributed by atoms with Crippen molar-refractivity contribution in [1.29, 1.82) is 0 Å². The molecule has 0 atom stereocenters. The van der Waals surface area contributed by atoms with Crippen molar-refractivity contribution in [3.8, 4) is 0 Å². The van der Waals surface area contributed by atoms with Crippen LogP contribution in [0.2, 0.25) is 0 Å². The molecule has 1 N–H and O–H groups in total. The van der Waals surface area contributed by atoms with E-state index in [2.05, 4.69) is 0 Å². The topological polar surface area (TPSA) is 57.6 Å². The van der Waals surface area contributed by atoms with Gasteiger partial charge in [0.2, 0.25) is 11.6 Å². The third kappa shape index (κ3) is 2.39. The van der Waals surface area contributed by atoms with Gasteiger partial charge >= 0.3 is 0 Å². The lowest BCUT2D eigenvalue weighted by Gasteiger charge is -2.29. The Hall–Kier alpha value is -3.40. The van der Waals surface area contributed by atoms with E-state index in [9.17, 15) is 14.7 Å². The molecule has 0 radical (unpaired) electrons. The molecule has 0 aromatic heterocycles. The number of benzene rings is 2.